The summed E-state index contributed by atoms with van der Waals surface area (Å²) >= 11 is 0. The fourth-order valence-electron chi connectivity index (χ4n) is 3.66. The van der Waals surface area contributed by atoms with E-state index in [9.17, 15) is 4.79 Å². The molecule has 0 aliphatic carbocycles. The number of fused-ring (bicyclic) bond motifs is 3. The molecule has 1 fully saturated rings. The van der Waals surface area contributed by atoms with Gasteiger partial charge in [-0.2, -0.15) is 0 Å². The van der Waals surface area contributed by atoms with Crippen LogP contribution in [0.2, 0.25) is 0 Å². The molecule has 0 bridgehead atoms. The summed E-state index contributed by atoms with van der Waals surface area (Å²) in [5.74, 6) is 0.0874. The van der Waals surface area contributed by atoms with Gasteiger partial charge in [-0.05, 0) is 42.8 Å². The topological polar surface area (TPSA) is 45.2 Å². The molecule has 4 heteroatoms. The van der Waals surface area contributed by atoms with Crippen molar-refractivity contribution in [2.45, 2.75) is 18.9 Å². The first-order valence-electron chi connectivity index (χ1n) is 8.51. The van der Waals surface area contributed by atoms with Gasteiger partial charge in [-0.3, -0.25) is 9.78 Å². The van der Waals surface area contributed by atoms with Gasteiger partial charge in [-0.1, -0.05) is 30.3 Å². The van der Waals surface area contributed by atoms with Crippen LogP contribution in [0.3, 0.4) is 0 Å². The Hall–Kier alpha value is -2.46. The predicted molar refractivity (Wildman–Crippen MR) is 97.2 cm³/mol. The lowest BCUT2D eigenvalue weighted by molar-refractivity contribution is 0.0700. The summed E-state index contributed by atoms with van der Waals surface area (Å²) in [5, 5.41) is 6.57. The summed E-state index contributed by atoms with van der Waals surface area (Å²) in [7, 11) is 1.96. The molecule has 1 aliphatic heterocycles. The van der Waals surface area contributed by atoms with Crippen molar-refractivity contribution in [3.05, 3.63) is 54.2 Å². The number of hydrogen-bond donors (Lipinski definition) is 1. The molecule has 0 spiro atoms. The Labute approximate surface area is 141 Å². The van der Waals surface area contributed by atoms with Gasteiger partial charge in [0, 0.05) is 30.7 Å². The van der Waals surface area contributed by atoms with Gasteiger partial charge in [-0.15, -0.1) is 0 Å². The number of piperidine rings is 1. The Bertz CT molecular complexity index is 906. The first-order chi connectivity index (χ1) is 11.8. The first-order valence-corrected chi connectivity index (χ1v) is 8.51. The smallest absolute Gasteiger partial charge is 0.256 e. The average Bonchev–Trinajstić information content (AvgIpc) is 2.67. The SMILES string of the molecule is CNC1CCCN(C(=O)c2cc3ccccc3c3cccnc23)C1. The summed E-state index contributed by atoms with van der Waals surface area (Å²) < 4.78 is 0. The van der Waals surface area contributed by atoms with Gasteiger partial charge < -0.3 is 10.2 Å². The fraction of sp³-hybridized carbons (Fsp3) is 0.300. The van der Waals surface area contributed by atoms with Gasteiger partial charge in [0.2, 0.25) is 0 Å². The number of likely N-dealkylation sites (tertiary alicyclic amines) is 1. The number of rotatable bonds is 2. The second-order valence-corrected chi connectivity index (χ2v) is 6.42. The zero-order valence-corrected chi connectivity index (χ0v) is 13.8. The number of nitrogens with zero attached hydrogens (tertiary/aromatic N) is 2. The minimum Gasteiger partial charge on any atom is -0.337 e. The first kappa shape index (κ1) is 15.1. The van der Waals surface area contributed by atoms with Crippen molar-refractivity contribution in [1.29, 1.82) is 0 Å². The Balaban J connectivity index is 1.84. The molecule has 1 saturated heterocycles. The summed E-state index contributed by atoms with van der Waals surface area (Å²) in [4.78, 5) is 19.7. The molecule has 24 heavy (non-hydrogen) atoms. The zero-order chi connectivity index (χ0) is 16.5. The highest BCUT2D eigenvalue weighted by Crippen LogP contribution is 2.28. The van der Waals surface area contributed by atoms with Crippen molar-refractivity contribution in [3.8, 4) is 0 Å². The van der Waals surface area contributed by atoms with E-state index in [1.54, 1.807) is 6.20 Å². The van der Waals surface area contributed by atoms with Gasteiger partial charge in [0.25, 0.3) is 5.91 Å². The number of amides is 1. The maximum atomic E-state index is 13.2. The van der Waals surface area contributed by atoms with Crippen molar-refractivity contribution in [2.75, 3.05) is 20.1 Å². The minimum absolute atomic E-state index is 0.0874. The van der Waals surface area contributed by atoms with E-state index in [-0.39, 0.29) is 5.91 Å². The standard InChI is InChI=1S/C20H21N3O/c1-21-15-7-5-11-23(13-15)20(24)18-12-14-6-2-3-8-16(14)17-9-4-10-22-19(17)18/h2-4,6,8-10,12,15,21H,5,7,11,13H2,1H3. The average molecular weight is 319 g/mol. The fourth-order valence-corrected chi connectivity index (χ4v) is 3.66. The summed E-state index contributed by atoms with van der Waals surface area (Å²) in [6.07, 6.45) is 3.92. The third kappa shape index (κ3) is 2.53. The quantitative estimate of drug-likeness (QED) is 0.738. The Kier molecular flexibility index (Phi) is 3.90. The third-order valence-electron chi connectivity index (χ3n) is 4.96. The summed E-state index contributed by atoms with van der Waals surface area (Å²) in [5.41, 5.74) is 1.51. The van der Waals surface area contributed by atoms with Crippen LogP contribution >= 0.6 is 0 Å². The molecule has 4 nitrogen and oxygen atoms in total. The van der Waals surface area contributed by atoms with Crippen LogP contribution in [0.4, 0.5) is 0 Å². The monoisotopic (exact) mass is 319 g/mol. The van der Waals surface area contributed by atoms with E-state index in [1.165, 1.54) is 0 Å². The molecule has 2 heterocycles. The van der Waals surface area contributed by atoms with E-state index in [1.807, 2.05) is 42.3 Å². The number of hydrogen-bond acceptors (Lipinski definition) is 3. The van der Waals surface area contributed by atoms with Crippen LogP contribution in [0.15, 0.2) is 48.7 Å². The van der Waals surface area contributed by atoms with E-state index < -0.39 is 0 Å². The highest BCUT2D eigenvalue weighted by Gasteiger charge is 2.25. The molecule has 1 atom stereocenters. The summed E-state index contributed by atoms with van der Waals surface area (Å²) in [6.45, 7) is 1.58. The lowest BCUT2D eigenvalue weighted by atomic mass is 9.99. The highest BCUT2D eigenvalue weighted by atomic mass is 16.2. The van der Waals surface area contributed by atoms with Gasteiger partial charge in [0.15, 0.2) is 0 Å². The number of carbonyl (C=O) groups is 1. The Morgan fingerprint density at radius 3 is 2.92 bits per heavy atom. The second kappa shape index (κ2) is 6.21. The predicted octanol–water partition coefficient (Wildman–Crippen LogP) is 3.21. The van der Waals surface area contributed by atoms with Crippen LogP contribution in [-0.2, 0) is 0 Å². The van der Waals surface area contributed by atoms with Crippen LogP contribution in [0, 0.1) is 0 Å². The molecule has 0 radical (unpaired) electrons. The number of nitrogens with one attached hydrogen (secondary N) is 1. The molecule has 1 aromatic heterocycles. The van der Waals surface area contributed by atoms with Crippen molar-refractivity contribution in [1.82, 2.24) is 15.2 Å². The maximum absolute atomic E-state index is 13.2. The van der Waals surface area contributed by atoms with E-state index in [4.69, 9.17) is 0 Å². The lowest BCUT2D eigenvalue weighted by Crippen LogP contribution is -2.47. The Morgan fingerprint density at radius 1 is 1.21 bits per heavy atom. The van der Waals surface area contributed by atoms with Crippen LogP contribution in [0.1, 0.15) is 23.2 Å². The lowest BCUT2D eigenvalue weighted by Gasteiger charge is -2.32. The summed E-state index contributed by atoms with van der Waals surface area (Å²) in [6, 6.07) is 14.5. The maximum Gasteiger partial charge on any atom is 0.256 e. The van der Waals surface area contributed by atoms with Crippen LogP contribution in [0.25, 0.3) is 21.7 Å². The number of benzene rings is 2. The number of carbonyl (C=O) groups excluding carboxylic acids is 1. The van der Waals surface area contributed by atoms with Crippen LogP contribution in [0.5, 0.6) is 0 Å². The molecule has 2 aromatic carbocycles. The molecule has 1 aliphatic rings. The number of pyridine rings is 1. The van der Waals surface area contributed by atoms with Gasteiger partial charge in [-0.25, -0.2) is 0 Å². The molecule has 3 aromatic rings. The molecule has 0 saturated carbocycles. The second-order valence-electron chi connectivity index (χ2n) is 6.42. The highest BCUT2D eigenvalue weighted by molar-refractivity contribution is 6.15. The van der Waals surface area contributed by atoms with Crippen molar-refractivity contribution in [3.63, 3.8) is 0 Å². The largest absolute Gasteiger partial charge is 0.337 e. The third-order valence-corrected chi connectivity index (χ3v) is 4.96. The van der Waals surface area contributed by atoms with Crippen molar-refractivity contribution < 1.29 is 4.79 Å². The van der Waals surface area contributed by atoms with Gasteiger partial charge in [0.05, 0.1) is 11.1 Å². The molecule has 1 N–H and O–H groups in total. The molecule has 122 valence electrons. The van der Waals surface area contributed by atoms with E-state index >= 15 is 0 Å². The van der Waals surface area contributed by atoms with Gasteiger partial charge in [0.1, 0.15) is 0 Å². The molecular formula is C20H21N3O. The molecular weight excluding hydrogens is 298 g/mol. The number of likely N-dealkylation sites (N-methyl/N-ethyl adjacent to an activating group) is 1. The molecule has 1 amide bonds. The minimum atomic E-state index is 0.0874. The van der Waals surface area contributed by atoms with Crippen LogP contribution < -0.4 is 5.32 Å². The van der Waals surface area contributed by atoms with Crippen molar-refractivity contribution in [2.24, 2.45) is 0 Å². The molecule has 4 rings (SSSR count). The molecule has 1 unspecified atom stereocenters. The van der Waals surface area contributed by atoms with E-state index in [0.717, 1.165) is 47.6 Å². The van der Waals surface area contributed by atoms with Crippen molar-refractivity contribution >= 4 is 27.6 Å². The number of aromatic nitrogens is 1. The van der Waals surface area contributed by atoms with E-state index in [0.29, 0.717) is 11.6 Å². The van der Waals surface area contributed by atoms with E-state index in [2.05, 4.69) is 22.4 Å². The Morgan fingerprint density at radius 2 is 2.04 bits per heavy atom. The van der Waals surface area contributed by atoms with Gasteiger partial charge >= 0.3 is 0 Å². The normalized spacial score (nSPS) is 18.2. The van der Waals surface area contributed by atoms with Crippen LogP contribution in [-0.4, -0.2) is 42.0 Å². The zero-order valence-electron chi connectivity index (χ0n) is 13.8.